The lowest BCUT2D eigenvalue weighted by molar-refractivity contribution is -0.132. The number of rotatable bonds is 3. The number of fused-ring (bicyclic) bond motifs is 5. The topological polar surface area (TPSA) is 43.4 Å². The number of carbonyl (C=O) groups excluding carboxylic acids is 2. The maximum atomic E-state index is 12.6. The highest BCUT2D eigenvalue weighted by Gasteiger charge is 2.59. The highest BCUT2D eigenvalue weighted by Crippen LogP contribution is 2.65. The zero-order valence-electron chi connectivity index (χ0n) is 15.7. The quantitative estimate of drug-likeness (QED) is 0.679. The predicted molar refractivity (Wildman–Crippen MR) is 100 cm³/mol. The van der Waals surface area contributed by atoms with Crippen molar-refractivity contribution < 1.29 is 14.3 Å². The van der Waals surface area contributed by atoms with Crippen molar-refractivity contribution >= 4 is 23.3 Å². The molecule has 138 valence electrons. The molecule has 0 bridgehead atoms. The lowest BCUT2D eigenvalue weighted by Crippen LogP contribution is -2.51. The number of Topliss-reactive ketones (excluding diaryl/α,β-unsaturated/α-hetero) is 2. The van der Waals surface area contributed by atoms with Gasteiger partial charge in [-0.1, -0.05) is 25.6 Å². The Labute approximate surface area is 155 Å². The molecule has 0 amide bonds. The Morgan fingerprint density at radius 2 is 1.76 bits per heavy atom. The molecule has 4 heteroatoms. The van der Waals surface area contributed by atoms with Crippen LogP contribution in [-0.4, -0.2) is 24.6 Å². The van der Waals surface area contributed by atoms with Crippen molar-refractivity contribution in [2.75, 3.05) is 13.0 Å². The first-order chi connectivity index (χ1) is 11.9. The summed E-state index contributed by atoms with van der Waals surface area (Å²) in [5, 5.41) is 0. The molecule has 0 saturated heterocycles. The fourth-order valence-electron chi connectivity index (χ4n) is 6.72. The van der Waals surface area contributed by atoms with Crippen molar-refractivity contribution in [2.45, 2.75) is 65.2 Å². The zero-order chi connectivity index (χ0) is 17.8. The Bertz CT molecular complexity index is 639. The fraction of sp³-hybridized carbons (Fsp3) is 0.810. The van der Waals surface area contributed by atoms with Gasteiger partial charge in [0.1, 0.15) is 5.78 Å². The van der Waals surface area contributed by atoms with E-state index in [1.807, 2.05) is 0 Å². The van der Waals surface area contributed by atoms with E-state index in [2.05, 4.69) is 13.8 Å². The van der Waals surface area contributed by atoms with E-state index in [1.165, 1.54) is 5.57 Å². The van der Waals surface area contributed by atoms with Crippen LogP contribution in [0.3, 0.4) is 0 Å². The lowest BCUT2D eigenvalue weighted by atomic mass is 9.47. The Morgan fingerprint density at radius 1 is 1.00 bits per heavy atom. The smallest absolute Gasteiger partial charge is 0.169 e. The number of allylic oxidation sites excluding steroid dienone is 1. The van der Waals surface area contributed by atoms with Crippen molar-refractivity contribution in [1.82, 2.24) is 0 Å². The first-order valence-electron chi connectivity index (χ1n) is 9.83. The molecule has 0 aliphatic heterocycles. The standard InChI is InChI=1S/C21H30O3S/c1-20-11-9-17(22)19(25-12-24-3)16(20)5-4-13-14-6-7-18(23)21(14,2)10-8-15(13)20/h13-15H,4-12H2,1-3H3/t13-,14-,15-,20+,21-/m0/s1. The molecule has 0 radical (unpaired) electrons. The molecule has 4 aliphatic carbocycles. The van der Waals surface area contributed by atoms with Crippen LogP contribution in [0.25, 0.3) is 0 Å². The molecule has 3 fully saturated rings. The van der Waals surface area contributed by atoms with Gasteiger partial charge in [0.05, 0.1) is 10.8 Å². The molecule has 0 heterocycles. The highest BCUT2D eigenvalue weighted by atomic mass is 32.2. The third-order valence-electron chi connectivity index (χ3n) is 8.10. The minimum Gasteiger partial charge on any atom is -0.374 e. The fourth-order valence-corrected chi connectivity index (χ4v) is 7.73. The number of thioether (sulfide) groups is 1. The molecule has 4 rings (SSSR count). The van der Waals surface area contributed by atoms with Crippen LogP contribution in [-0.2, 0) is 14.3 Å². The van der Waals surface area contributed by atoms with E-state index in [9.17, 15) is 9.59 Å². The van der Waals surface area contributed by atoms with Gasteiger partial charge in [-0.3, -0.25) is 9.59 Å². The summed E-state index contributed by atoms with van der Waals surface area (Å²) >= 11 is 1.60. The van der Waals surface area contributed by atoms with Crippen LogP contribution in [0, 0.1) is 28.6 Å². The largest absolute Gasteiger partial charge is 0.374 e. The summed E-state index contributed by atoms with van der Waals surface area (Å²) in [6, 6.07) is 0. The summed E-state index contributed by atoms with van der Waals surface area (Å²) in [6.45, 7) is 4.65. The van der Waals surface area contributed by atoms with Crippen molar-refractivity contribution in [3.8, 4) is 0 Å². The molecular formula is C21H30O3S. The van der Waals surface area contributed by atoms with Gasteiger partial charge in [-0.05, 0) is 67.3 Å². The summed E-state index contributed by atoms with van der Waals surface area (Å²) in [6.07, 6.45) is 7.96. The minimum atomic E-state index is -0.0587. The molecule has 3 nitrogen and oxygen atoms in total. The Morgan fingerprint density at radius 3 is 2.52 bits per heavy atom. The first-order valence-corrected chi connectivity index (χ1v) is 10.8. The molecule has 4 aliphatic rings. The molecule has 5 atom stereocenters. The van der Waals surface area contributed by atoms with Gasteiger partial charge in [-0.25, -0.2) is 0 Å². The number of ether oxygens (including phenoxy) is 1. The average molecular weight is 363 g/mol. The number of ketones is 2. The first kappa shape index (κ1) is 17.8. The lowest BCUT2D eigenvalue weighted by Gasteiger charge is -2.57. The van der Waals surface area contributed by atoms with Gasteiger partial charge in [0.25, 0.3) is 0 Å². The van der Waals surface area contributed by atoms with Gasteiger partial charge >= 0.3 is 0 Å². The highest BCUT2D eigenvalue weighted by molar-refractivity contribution is 8.03. The minimum absolute atomic E-state index is 0.0587. The van der Waals surface area contributed by atoms with Crippen molar-refractivity contribution in [1.29, 1.82) is 0 Å². The van der Waals surface area contributed by atoms with Gasteiger partial charge in [0.15, 0.2) is 5.78 Å². The molecule has 0 aromatic heterocycles. The van der Waals surface area contributed by atoms with E-state index in [4.69, 9.17) is 4.74 Å². The molecule has 0 aromatic carbocycles. The van der Waals surface area contributed by atoms with Gasteiger partial charge in [-0.2, -0.15) is 0 Å². The Balaban J connectivity index is 1.69. The van der Waals surface area contributed by atoms with Crippen molar-refractivity contribution in [3.05, 3.63) is 10.5 Å². The summed E-state index contributed by atoms with van der Waals surface area (Å²) in [4.78, 5) is 26.1. The van der Waals surface area contributed by atoms with E-state index < -0.39 is 0 Å². The number of hydrogen-bond acceptors (Lipinski definition) is 4. The molecule has 0 N–H and O–H groups in total. The number of carbonyl (C=O) groups is 2. The zero-order valence-corrected chi connectivity index (χ0v) is 16.5. The van der Waals surface area contributed by atoms with Gasteiger partial charge in [0, 0.05) is 25.4 Å². The van der Waals surface area contributed by atoms with Gasteiger partial charge in [-0.15, -0.1) is 0 Å². The Kier molecular flexibility index (Phi) is 4.43. The third-order valence-corrected chi connectivity index (χ3v) is 9.22. The van der Waals surface area contributed by atoms with E-state index in [-0.39, 0.29) is 10.8 Å². The molecule has 0 spiro atoms. The van der Waals surface area contributed by atoms with Crippen LogP contribution in [0.2, 0.25) is 0 Å². The average Bonchev–Trinajstić information content (AvgIpc) is 2.90. The van der Waals surface area contributed by atoms with E-state index in [0.29, 0.717) is 41.7 Å². The van der Waals surface area contributed by atoms with Crippen LogP contribution < -0.4 is 0 Å². The summed E-state index contributed by atoms with van der Waals surface area (Å²) < 4.78 is 5.23. The van der Waals surface area contributed by atoms with E-state index in [1.54, 1.807) is 18.9 Å². The van der Waals surface area contributed by atoms with Gasteiger partial charge < -0.3 is 4.74 Å². The second-order valence-corrected chi connectivity index (χ2v) is 9.97. The number of hydrogen-bond donors (Lipinski definition) is 0. The van der Waals surface area contributed by atoms with Crippen molar-refractivity contribution in [2.24, 2.45) is 28.6 Å². The van der Waals surface area contributed by atoms with Crippen LogP contribution in [0.15, 0.2) is 10.5 Å². The molecule has 25 heavy (non-hydrogen) atoms. The monoisotopic (exact) mass is 362 g/mol. The molecule has 0 aromatic rings. The maximum absolute atomic E-state index is 12.6. The third kappa shape index (κ3) is 2.50. The summed E-state index contributed by atoms with van der Waals surface area (Å²) in [5.41, 5.74) is 1.51. The summed E-state index contributed by atoms with van der Waals surface area (Å²) in [7, 11) is 1.70. The molecular weight excluding hydrogens is 332 g/mol. The van der Waals surface area contributed by atoms with Crippen molar-refractivity contribution in [3.63, 3.8) is 0 Å². The maximum Gasteiger partial charge on any atom is 0.169 e. The predicted octanol–water partition coefficient (Wildman–Crippen LogP) is 4.75. The molecule has 3 saturated carbocycles. The van der Waals surface area contributed by atoms with E-state index in [0.717, 1.165) is 49.9 Å². The van der Waals surface area contributed by atoms with Gasteiger partial charge in [0.2, 0.25) is 0 Å². The second-order valence-electron chi connectivity index (χ2n) is 9.03. The normalized spacial score (nSPS) is 43.7. The SMILES string of the molecule is COCSC1=C2CC[C@@H]3[C@H](CC[C@]4(C)C(=O)CC[C@@H]34)[C@@]2(C)CCC1=O. The Hall–Kier alpha value is -0.610. The van der Waals surface area contributed by atoms with Crippen LogP contribution in [0.4, 0.5) is 0 Å². The van der Waals surface area contributed by atoms with Crippen LogP contribution in [0.1, 0.15) is 65.2 Å². The van der Waals surface area contributed by atoms with E-state index >= 15 is 0 Å². The molecule has 0 unspecified atom stereocenters. The second kappa shape index (κ2) is 6.23. The number of methoxy groups -OCH3 is 1. The summed E-state index contributed by atoms with van der Waals surface area (Å²) in [5.74, 6) is 3.28. The van der Waals surface area contributed by atoms with Crippen LogP contribution >= 0.6 is 11.8 Å². The van der Waals surface area contributed by atoms with Crippen LogP contribution in [0.5, 0.6) is 0 Å².